The molecule has 0 bridgehead atoms. The Morgan fingerprint density at radius 2 is 0.708 bits per heavy atom. The first-order valence-electron chi connectivity index (χ1n) is 22.1. The van der Waals surface area contributed by atoms with Gasteiger partial charge in [-0.05, 0) is 104 Å². The first-order valence-corrected chi connectivity index (χ1v) is 22.1. The van der Waals surface area contributed by atoms with Gasteiger partial charge in [0.25, 0.3) is 0 Å². The fourth-order valence-electron chi connectivity index (χ4n) is 9.40. The van der Waals surface area contributed by atoms with Crippen molar-refractivity contribution in [1.29, 1.82) is 0 Å². The van der Waals surface area contributed by atoms with Crippen LogP contribution in [0, 0.1) is 0 Å². The van der Waals surface area contributed by atoms with E-state index in [1.54, 1.807) is 0 Å². The molecule has 0 unspecified atom stereocenters. The predicted molar refractivity (Wildman–Crippen MR) is 272 cm³/mol. The van der Waals surface area contributed by atoms with Crippen molar-refractivity contribution in [1.82, 2.24) is 14.5 Å². The molecule has 0 saturated carbocycles. The lowest BCUT2D eigenvalue weighted by molar-refractivity contribution is 1.16. The Bertz CT molecular complexity index is 3650. The zero-order valence-electron chi connectivity index (χ0n) is 35.5. The third kappa shape index (κ3) is 7.16. The summed E-state index contributed by atoms with van der Waals surface area (Å²) in [7, 11) is 0. The molecule has 0 aliphatic heterocycles. The average molecular weight is 828 g/mol. The van der Waals surface area contributed by atoms with Crippen LogP contribution in [0.2, 0.25) is 0 Å². The molecule has 0 fully saturated rings. The van der Waals surface area contributed by atoms with Crippen molar-refractivity contribution in [3.05, 3.63) is 249 Å². The van der Waals surface area contributed by atoms with E-state index in [1.165, 1.54) is 60.4 Å². The van der Waals surface area contributed by atoms with Gasteiger partial charge in [-0.1, -0.05) is 200 Å². The van der Waals surface area contributed by atoms with Gasteiger partial charge in [0.1, 0.15) is 0 Å². The van der Waals surface area contributed by atoms with Gasteiger partial charge >= 0.3 is 0 Å². The van der Waals surface area contributed by atoms with Gasteiger partial charge in [-0.2, -0.15) is 0 Å². The minimum Gasteiger partial charge on any atom is -0.309 e. The smallest absolute Gasteiger partial charge is 0.160 e. The lowest BCUT2D eigenvalue weighted by atomic mass is 9.95. The van der Waals surface area contributed by atoms with E-state index >= 15 is 0 Å². The summed E-state index contributed by atoms with van der Waals surface area (Å²) in [5, 5.41) is 4.90. The highest BCUT2D eigenvalue weighted by molar-refractivity contribution is 6.09. The van der Waals surface area contributed by atoms with Crippen molar-refractivity contribution in [3.63, 3.8) is 0 Å². The molecule has 2 aromatic heterocycles. The topological polar surface area (TPSA) is 30.7 Å². The molecule has 12 aromatic rings. The molecule has 3 nitrogen and oxygen atoms in total. The second-order valence-corrected chi connectivity index (χ2v) is 16.6. The number of benzene rings is 10. The van der Waals surface area contributed by atoms with Crippen LogP contribution in [0.3, 0.4) is 0 Å². The first-order chi connectivity index (χ1) is 32.2. The summed E-state index contributed by atoms with van der Waals surface area (Å²) in [5.74, 6) is 0.677. The molecule has 0 saturated heterocycles. The number of hydrogen-bond acceptors (Lipinski definition) is 2. The zero-order chi connectivity index (χ0) is 43.1. The number of para-hydroxylation sites is 2. The van der Waals surface area contributed by atoms with Crippen molar-refractivity contribution in [2.75, 3.05) is 0 Å². The van der Waals surface area contributed by atoms with Crippen LogP contribution >= 0.6 is 0 Å². The Morgan fingerprint density at radius 1 is 0.262 bits per heavy atom. The third-order valence-electron chi connectivity index (χ3n) is 12.6. The maximum absolute atomic E-state index is 5.35. The van der Waals surface area contributed by atoms with E-state index in [-0.39, 0.29) is 0 Å². The molecule has 304 valence electrons. The van der Waals surface area contributed by atoms with E-state index in [1.807, 2.05) is 0 Å². The van der Waals surface area contributed by atoms with Crippen LogP contribution in [0.15, 0.2) is 249 Å². The maximum atomic E-state index is 5.35. The Kier molecular flexibility index (Phi) is 9.50. The molecule has 0 aliphatic rings. The van der Waals surface area contributed by atoms with Crippen molar-refractivity contribution in [2.45, 2.75) is 0 Å². The zero-order valence-corrected chi connectivity index (χ0v) is 35.5. The summed E-state index contributed by atoms with van der Waals surface area (Å²) in [6, 6.07) is 88.8. The number of fused-ring (bicyclic) bond motifs is 4. The Hall–Kier alpha value is -8.66. The summed E-state index contributed by atoms with van der Waals surface area (Å²) in [6.07, 6.45) is 0. The lowest BCUT2D eigenvalue weighted by Gasteiger charge is -2.13. The van der Waals surface area contributed by atoms with Gasteiger partial charge in [-0.3, -0.25) is 0 Å². The molecule has 2 heterocycles. The van der Waals surface area contributed by atoms with E-state index in [0.717, 1.165) is 50.5 Å². The minimum absolute atomic E-state index is 0.677. The highest BCUT2D eigenvalue weighted by Gasteiger charge is 2.16. The number of rotatable bonds is 8. The van der Waals surface area contributed by atoms with Gasteiger partial charge in [0.05, 0.1) is 22.4 Å². The van der Waals surface area contributed by atoms with E-state index in [9.17, 15) is 0 Å². The SMILES string of the molecule is c1ccc(-c2cccc(-c3cccc(-c4ccc(-c5cc(-c6cccc(-n7c8ccccc8c8ccccc87)c6)nc(-c6cccc(-c7cccc8ccccc78)c6)n5)cc4)c3)c2)cc1. The van der Waals surface area contributed by atoms with Crippen molar-refractivity contribution < 1.29 is 0 Å². The predicted octanol–water partition coefficient (Wildman–Crippen LogP) is 16.4. The van der Waals surface area contributed by atoms with Gasteiger partial charge in [-0.15, -0.1) is 0 Å². The van der Waals surface area contributed by atoms with E-state index in [4.69, 9.17) is 9.97 Å². The number of hydrogen-bond donors (Lipinski definition) is 0. The normalized spacial score (nSPS) is 11.4. The maximum Gasteiger partial charge on any atom is 0.160 e. The van der Waals surface area contributed by atoms with Gasteiger partial charge in [0.15, 0.2) is 5.82 Å². The highest BCUT2D eigenvalue weighted by atomic mass is 15.0. The van der Waals surface area contributed by atoms with Gasteiger partial charge in [0, 0.05) is 33.2 Å². The summed E-state index contributed by atoms with van der Waals surface area (Å²) >= 11 is 0. The number of aromatic nitrogens is 3. The molecular formula is C62H41N3. The Balaban J connectivity index is 0.955. The van der Waals surface area contributed by atoms with Crippen LogP contribution in [0.5, 0.6) is 0 Å². The second-order valence-electron chi connectivity index (χ2n) is 16.6. The van der Waals surface area contributed by atoms with Gasteiger partial charge in [0.2, 0.25) is 0 Å². The molecule has 0 aliphatic carbocycles. The summed E-state index contributed by atoms with van der Waals surface area (Å²) in [4.78, 5) is 10.7. The van der Waals surface area contributed by atoms with Crippen LogP contribution < -0.4 is 0 Å². The Labute approximate surface area is 378 Å². The van der Waals surface area contributed by atoms with Crippen molar-refractivity contribution >= 4 is 32.6 Å². The number of nitrogens with zero attached hydrogens (tertiary/aromatic N) is 3. The fourth-order valence-corrected chi connectivity index (χ4v) is 9.40. The molecule has 0 atom stereocenters. The van der Waals surface area contributed by atoms with E-state index < -0.39 is 0 Å². The third-order valence-corrected chi connectivity index (χ3v) is 12.6. The van der Waals surface area contributed by atoms with E-state index in [0.29, 0.717) is 5.82 Å². The molecule has 65 heavy (non-hydrogen) atoms. The lowest BCUT2D eigenvalue weighted by Crippen LogP contribution is -1.98. The van der Waals surface area contributed by atoms with Crippen LogP contribution in [-0.4, -0.2) is 14.5 Å². The highest BCUT2D eigenvalue weighted by Crippen LogP contribution is 2.37. The molecule has 0 spiro atoms. The Morgan fingerprint density at radius 3 is 1.40 bits per heavy atom. The summed E-state index contributed by atoms with van der Waals surface area (Å²) in [6.45, 7) is 0. The first kappa shape index (κ1) is 38.0. The molecule has 0 radical (unpaired) electrons. The standard InChI is InChI=1S/C62H41N3/c1-2-15-42(16-3-1)46-19-10-21-48(37-46)49-22-11-20-47(38-49)43-33-35-45(36-34-43)58-41-59(51-24-13-26-53(40-51)65-60-31-8-6-28-56(60)57-29-7-9-32-61(57)65)64-62(63-58)52-25-12-23-50(39-52)55-30-14-18-44-17-4-5-27-54(44)55/h1-41H. The van der Waals surface area contributed by atoms with Gasteiger partial charge in [-0.25, -0.2) is 9.97 Å². The molecule has 12 rings (SSSR count). The van der Waals surface area contributed by atoms with Crippen LogP contribution in [-0.2, 0) is 0 Å². The van der Waals surface area contributed by atoms with Crippen LogP contribution in [0.1, 0.15) is 0 Å². The monoisotopic (exact) mass is 827 g/mol. The molecule has 10 aromatic carbocycles. The minimum atomic E-state index is 0.677. The quantitative estimate of drug-likeness (QED) is 0.153. The van der Waals surface area contributed by atoms with E-state index in [2.05, 4.69) is 253 Å². The second kappa shape index (κ2) is 16.2. The van der Waals surface area contributed by atoms with Crippen LogP contribution in [0.4, 0.5) is 0 Å². The van der Waals surface area contributed by atoms with Crippen molar-refractivity contribution in [2.24, 2.45) is 0 Å². The van der Waals surface area contributed by atoms with Crippen molar-refractivity contribution in [3.8, 4) is 84.1 Å². The molecule has 0 amide bonds. The summed E-state index contributed by atoms with van der Waals surface area (Å²) in [5.41, 5.74) is 17.6. The molecule has 3 heteroatoms. The summed E-state index contributed by atoms with van der Waals surface area (Å²) < 4.78 is 2.36. The molecule has 0 N–H and O–H groups in total. The average Bonchev–Trinajstić information content (AvgIpc) is 3.73. The fraction of sp³-hybridized carbons (Fsp3) is 0. The largest absolute Gasteiger partial charge is 0.309 e. The van der Waals surface area contributed by atoms with Crippen LogP contribution in [0.25, 0.3) is 117 Å². The van der Waals surface area contributed by atoms with Gasteiger partial charge < -0.3 is 4.57 Å². The molecular weight excluding hydrogens is 787 g/mol.